The van der Waals surface area contributed by atoms with Gasteiger partial charge < -0.3 is 9.88 Å². The van der Waals surface area contributed by atoms with Crippen molar-refractivity contribution in [2.75, 3.05) is 5.32 Å². The van der Waals surface area contributed by atoms with Crippen LogP contribution < -0.4 is 5.32 Å². The molecule has 0 bridgehead atoms. The normalized spacial score (nSPS) is 10.8. The average molecular weight is 341 g/mol. The number of fused-ring (bicyclic) bond motifs is 1. The number of rotatable bonds is 5. The molecule has 0 fully saturated rings. The zero-order valence-corrected chi connectivity index (χ0v) is 14.0. The third kappa shape index (κ3) is 3.19. The molecule has 1 amide bonds. The maximum Gasteiger partial charge on any atom is 0.244 e. The zero-order chi connectivity index (χ0) is 17.1. The second kappa shape index (κ2) is 6.89. The molecule has 1 heterocycles. The first kappa shape index (κ1) is 16.3. The topological polar surface area (TPSA) is 51.1 Å². The van der Waals surface area contributed by atoms with Gasteiger partial charge in [-0.2, -0.15) is 0 Å². The van der Waals surface area contributed by atoms with Crippen molar-refractivity contribution in [3.8, 4) is 0 Å². The molecule has 3 aromatic rings. The highest BCUT2D eigenvalue weighted by molar-refractivity contribution is 6.31. The Bertz CT molecular complexity index is 915. The number of hydrogen-bond acceptors (Lipinski definition) is 2. The molecule has 0 aliphatic rings. The summed E-state index contributed by atoms with van der Waals surface area (Å²) in [5.74, 6) is -0.139. The minimum atomic E-state index is -0.139. The van der Waals surface area contributed by atoms with Crippen LogP contribution in [0.4, 0.5) is 5.69 Å². The quantitative estimate of drug-likeness (QED) is 0.704. The van der Waals surface area contributed by atoms with E-state index >= 15 is 0 Å². The number of para-hydroxylation sites is 1. The van der Waals surface area contributed by atoms with E-state index < -0.39 is 0 Å². The van der Waals surface area contributed by atoms with Gasteiger partial charge in [0.15, 0.2) is 6.29 Å². The minimum absolute atomic E-state index is 0.129. The number of nitrogens with zero attached hydrogens (tertiary/aromatic N) is 1. The van der Waals surface area contributed by atoms with Gasteiger partial charge in [0, 0.05) is 33.4 Å². The molecule has 0 spiro atoms. The van der Waals surface area contributed by atoms with Gasteiger partial charge in [-0.05, 0) is 36.2 Å². The molecule has 2 aromatic carbocycles. The van der Waals surface area contributed by atoms with Gasteiger partial charge >= 0.3 is 0 Å². The monoisotopic (exact) mass is 340 g/mol. The maximum absolute atomic E-state index is 12.4. The summed E-state index contributed by atoms with van der Waals surface area (Å²) < 4.78 is 1.76. The molecular formula is C19H17ClN2O2. The van der Waals surface area contributed by atoms with Crippen LogP contribution in [0.2, 0.25) is 5.02 Å². The molecule has 0 saturated carbocycles. The number of aromatic nitrogens is 1. The van der Waals surface area contributed by atoms with Crippen molar-refractivity contribution in [3.63, 3.8) is 0 Å². The standard InChI is InChI=1S/C19H17ClN2O2/c1-2-13-5-3-4-6-17(13)21-19(24)11-22-10-14(12-23)16-9-15(20)7-8-18(16)22/h3-10,12H,2,11H2,1H3,(H,21,24). The number of anilines is 1. The van der Waals surface area contributed by atoms with Gasteiger partial charge in [0.05, 0.1) is 0 Å². The van der Waals surface area contributed by atoms with E-state index in [1.165, 1.54) is 0 Å². The Morgan fingerprint density at radius 1 is 1.25 bits per heavy atom. The Morgan fingerprint density at radius 3 is 2.79 bits per heavy atom. The van der Waals surface area contributed by atoms with Crippen LogP contribution in [0, 0.1) is 0 Å². The number of aldehydes is 1. The van der Waals surface area contributed by atoms with Crippen LogP contribution in [-0.2, 0) is 17.8 Å². The SMILES string of the molecule is CCc1ccccc1NC(=O)Cn1cc(C=O)c2cc(Cl)ccc21. The highest BCUT2D eigenvalue weighted by atomic mass is 35.5. The van der Waals surface area contributed by atoms with Crippen LogP contribution >= 0.6 is 11.6 Å². The summed E-state index contributed by atoms with van der Waals surface area (Å²) in [4.78, 5) is 23.7. The van der Waals surface area contributed by atoms with Crippen LogP contribution in [0.3, 0.4) is 0 Å². The fourth-order valence-corrected chi connectivity index (χ4v) is 2.99. The van der Waals surface area contributed by atoms with E-state index in [1.54, 1.807) is 22.9 Å². The molecule has 0 atom stereocenters. The number of hydrogen-bond donors (Lipinski definition) is 1. The van der Waals surface area contributed by atoms with E-state index in [9.17, 15) is 9.59 Å². The van der Waals surface area contributed by atoms with E-state index in [2.05, 4.69) is 5.32 Å². The number of nitrogens with one attached hydrogen (secondary N) is 1. The summed E-state index contributed by atoms with van der Waals surface area (Å²) in [5, 5.41) is 4.25. The molecule has 24 heavy (non-hydrogen) atoms. The number of carbonyl (C=O) groups excluding carboxylic acids is 2. The van der Waals surface area contributed by atoms with Crippen LogP contribution in [0.25, 0.3) is 10.9 Å². The van der Waals surface area contributed by atoms with Crippen molar-refractivity contribution in [1.82, 2.24) is 4.57 Å². The largest absolute Gasteiger partial charge is 0.337 e. The predicted octanol–water partition coefficient (Wildman–Crippen LogP) is 4.31. The Labute approximate surface area is 145 Å². The Balaban J connectivity index is 1.87. The minimum Gasteiger partial charge on any atom is -0.337 e. The van der Waals surface area contributed by atoms with Crippen molar-refractivity contribution >= 4 is 40.4 Å². The van der Waals surface area contributed by atoms with Gasteiger partial charge in [-0.15, -0.1) is 0 Å². The second-order valence-corrected chi connectivity index (χ2v) is 5.99. The van der Waals surface area contributed by atoms with E-state index in [0.29, 0.717) is 10.6 Å². The third-order valence-corrected chi connectivity index (χ3v) is 4.22. The van der Waals surface area contributed by atoms with E-state index in [-0.39, 0.29) is 12.5 Å². The lowest BCUT2D eigenvalue weighted by Crippen LogP contribution is -2.19. The fraction of sp³-hybridized carbons (Fsp3) is 0.158. The fourth-order valence-electron chi connectivity index (χ4n) is 2.82. The lowest BCUT2D eigenvalue weighted by Gasteiger charge is -2.10. The summed E-state index contributed by atoms with van der Waals surface area (Å²) >= 11 is 6.00. The lowest BCUT2D eigenvalue weighted by molar-refractivity contribution is -0.116. The van der Waals surface area contributed by atoms with Crippen LogP contribution in [0.1, 0.15) is 22.8 Å². The molecule has 0 unspecified atom stereocenters. The lowest BCUT2D eigenvalue weighted by atomic mass is 10.1. The molecule has 0 aliphatic heterocycles. The molecule has 0 aliphatic carbocycles. The van der Waals surface area contributed by atoms with Gasteiger partial charge in [0.2, 0.25) is 5.91 Å². The van der Waals surface area contributed by atoms with Crippen molar-refractivity contribution in [2.24, 2.45) is 0 Å². The number of amides is 1. The second-order valence-electron chi connectivity index (χ2n) is 5.55. The van der Waals surface area contributed by atoms with Gasteiger partial charge in [-0.1, -0.05) is 36.7 Å². The highest BCUT2D eigenvalue weighted by Crippen LogP contribution is 2.24. The summed E-state index contributed by atoms with van der Waals surface area (Å²) in [6.45, 7) is 2.18. The Hall–Kier alpha value is -2.59. The molecule has 1 aromatic heterocycles. The third-order valence-electron chi connectivity index (χ3n) is 3.99. The van der Waals surface area contributed by atoms with Crippen molar-refractivity contribution in [3.05, 3.63) is 64.8 Å². The summed E-state index contributed by atoms with van der Waals surface area (Å²) in [5.41, 5.74) is 3.23. The summed E-state index contributed by atoms with van der Waals surface area (Å²) in [6.07, 6.45) is 3.30. The summed E-state index contributed by atoms with van der Waals surface area (Å²) in [7, 11) is 0. The van der Waals surface area contributed by atoms with Gasteiger partial charge in [0.1, 0.15) is 6.54 Å². The van der Waals surface area contributed by atoms with E-state index in [1.807, 2.05) is 37.3 Å². The average Bonchev–Trinajstić information content (AvgIpc) is 2.92. The first-order chi connectivity index (χ1) is 11.6. The number of benzene rings is 2. The highest BCUT2D eigenvalue weighted by Gasteiger charge is 2.12. The van der Waals surface area contributed by atoms with Crippen molar-refractivity contribution in [2.45, 2.75) is 19.9 Å². The Kier molecular flexibility index (Phi) is 4.67. The van der Waals surface area contributed by atoms with E-state index in [4.69, 9.17) is 11.6 Å². The number of halogens is 1. The Morgan fingerprint density at radius 2 is 2.04 bits per heavy atom. The first-order valence-electron chi connectivity index (χ1n) is 7.73. The van der Waals surface area contributed by atoms with Crippen LogP contribution in [0.15, 0.2) is 48.7 Å². The number of carbonyl (C=O) groups is 2. The molecular weight excluding hydrogens is 324 g/mol. The summed E-state index contributed by atoms with van der Waals surface area (Å²) in [6, 6.07) is 13.0. The van der Waals surface area contributed by atoms with Gasteiger partial charge in [-0.25, -0.2) is 0 Å². The molecule has 3 rings (SSSR count). The zero-order valence-electron chi connectivity index (χ0n) is 13.3. The number of aryl methyl sites for hydroxylation is 1. The van der Waals surface area contributed by atoms with Crippen molar-refractivity contribution in [1.29, 1.82) is 0 Å². The predicted molar refractivity (Wildman–Crippen MR) is 96.8 cm³/mol. The smallest absolute Gasteiger partial charge is 0.244 e. The van der Waals surface area contributed by atoms with Gasteiger partial charge in [0.25, 0.3) is 0 Å². The molecule has 122 valence electrons. The first-order valence-corrected chi connectivity index (χ1v) is 8.11. The van der Waals surface area contributed by atoms with Crippen molar-refractivity contribution < 1.29 is 9.59 Å². The van der Waals surface area contributed by atoms with Crippen LogP contribution in [0.5, 0.6) is 0 Å². The molecule has 0 saturated heterocycles. The van der Waals surface area contributed by atoms with E-state index in [0.717, 1.165) is 34.9 Å². The van der Waals surface area contributed by atoms with Crippen LogP contribution in [-0.4, -0.2) is 16.8 Å². The molecule has 5 heteroatoms. The molecule has 1 N–H and O–H groups in total. The van der Waals surface area contributed by atoms with Gasteiger partial charge in [-0.3, -0.25) is 9.59 Å². The molecule has 0 radical (unpaired) electrons. The maximum atomic E-state index is 12.4. The molecule has 4 nitrogen and oxygen atoms in total.